The molecule has 0 fully saturated rings. The SMILES string of the molecule is C=CCN(CC(C)C(=O)O)c1cccc([N+](=O)[O-])c1. The lowest BCUT2D eigenvalue weighted by Crippen LogP contribution is -2.32. The van der Waals surface area contributed by atoms with Gasteiger partial charge >= 0.3 is 5.97 Å². The van der Waals surface area contributed by atoms with Crippen molar-refractivity contribution in [3.05, 3.63) is 47.0 Å². The van der Waals surface area contributed by atoms with Crippen molar-refractivity contribution in [1.82, 2.24) is 0 Å². The fourth-order valence-corrected chi connectivity index (χ4v) is 1.65. The third-order valence-corrected chi connectivity index (χ3v) is 2.67. The maximum atomic E-state index is 10.9. The van der Waals surface area contributed by atoms with Gasteiger partial charge < -0.3 is 10.0 Å². The smallest absolute Gasteiger partial charge is 0.308 e. The second-order valence-electron chi connectivity index (χ2n) is 4.21. The third-order valence-electron chi connectivity index (χ3n) is 2.67. The van der Waals surface area contributed by atoms with E-state index in [4.69, 9.17) is 5.11 Å². The van der Waals surface area contributed by atoms with Gasteiger partial charge in [-0.1, -0.05) is 19.1 Å². The van der Waals surface area contributed by atoms with Crippen molar-refractivity contribution in [3.8, 4) is 0 Å². The minimum absolute atomic E-state index is 0.0189. The average Bonchev–Trinajstić information content (AvgIpc) is 2.38. The standard InChI is InChI=1S/C13H16N2O4/c1-3-7-14(9-10(2)13(16)17)11-5-4-6-12(8-11)15(18)19/h3-6,8,10H,1,7,9H2,2H3,(H,16,17). The van der Waals surface area contributed by atoms with E-state index in [1.54, 1.807) is 30.0 Å². The molecule has 1 aromatic rings. The molecule has 1 atom stereocenters. The fraction of sp³-hybridized carbons (Fsp3) is 0.308. The van der Waals surface area contributed by atoms with Crippen molar-refractivity contribution in [2.75, 3.05) is 18.0 Å². The monoisotopic (exact) mass is 264 g/mol. The highest BCUT2D eigenvalue weighted by Crippen LogP contribution is 2.22. The number of carboxylic acids is 1. The highest BCUT2D eigenvalue weighted by atomic mass is 16.6. The van der Waals surface area contributed by atoms with Crippen LogP contribution in [0.25, 0.3) is 0 Å². The number of hydrogen-bond acceptors (Lipinski definition) is 4. The molecule has 1 rings (SSSR count). The van der Waals surface area contributed by atoms with Crippen molar-refractivity contribution in [1.29, 1.82) is 0 Å². The van der Waals surface area contributed by atoms with Gasteiger partial charge in [-0.2, -0.15) is 0 Å². The van der Waals surface area contributed by atoms with Crippen LogP contribution >= 0.6 is 0 Å². The Balaban J connectivity index is 2.98. The topological polar surface area (TPSA) is 83.7 Å². The molecule has 0 spiro atoms. The van der Waals surface area contributed by atoms with E-state index < -0.39 is 16.8 Å². The maximum absolute atomic E-state index is 10.9. The summed E-state index contributed by atoms with van der Waals surface area (Å²) < 4.78 is 0. The van der Waals surface area contributed by atoms with E-state index in [9.17, 15) is 14.9 Å². The number of aliphatic carboxylic acids is 1. The molecule has 102 valence electrons. The van der Waals surface area contributed by atoms with Gasteiger partial charge in [-0.15, -0.1) is 6.58 Å². The molecule has 0 aliphatic carbocycles. The Morgan fingerprint density at radius 2 is 2.32 bits per heavy atom. The Labute approximate surface area is 111 Å². The minimum atomic E-state index is -0.903. The molecule has 0 heterocycles. The zero-order chi connectivity index (χ0) is 14.4. The predicted molar refractivity (Wildman–Crippen MR) is 72.3 cm³/mol. The summed E-state index contributed by atoms with van der Waals surface area (Å²) in [5.74, 6) is -1.47. The number of hydrogen-bond donors (Lipinski definition) is 1. The second kappa shape index (κ2) is 6.53. The molecule has 1 aromatic carbocycles. The van der Waals surface area contributed by atoms with Crippen LogP contribution in [0.5, 0.6) is 0 Å². The Hall–Kier alpha value is -2.37. The van der Waals surface area contributed by atoms with Crippen molar-refractivity contribution in [2.24, 2.45) is 5.92 Å². The van der Waals surface area contributed by atoms with Crippen LogP contribution in [0, 0.1) is 16.0 Å². The van der Waals surface area contributed by atoms with E-state index >= 15 is 0 Å². The van der Waals surface area contributed by atoms with Gasteiger partial charge in [0.2, 0.25) is 0 Å². The molecule has 6 nitrogen and oxygen atoms in total. The molecule has 0 bridgehead atoms. The number of nitro benzene ring substituents is 1. The van der Waals surface area contributed by atoms with Gasteiger partial charge in [0.25, 0.3) is 5.69 Å². The van der Waals surface area contributed by atoms with Gasteiger partial charge in [0.1, 0.15) is 0 Å². The highest BCUT2D eigenvalue weighted by Gasteiger charge is 2.17. The molecule has 0 aliphatic rings. The van der Waals surface area contributed by atoms with Crippen LogP contribution in [-0.4, -0.2) is 29.1 Å². The number of carbonyl (C=O) groups is 1. The molecule has 0 amide bonds. The lowest BCUT2D eigenvalue weighted by Gasteiger charge is -2.25. The summed E-state index contributed by atoms with van der Waals surface area (Å²) in [6, 6.07) is 6.12. The van der Waals surface area contributed by atoms with E-state index in [1.807, 2.05) is 0 Å². The predicted octanol–water partition coefficient (Wildman–Crippen LogP) is 2.31. The van der Waals surface area contributed by atoms with Crippen LogP contribution < -0.4 is 4.90 Å². The first-order valence-electron chi connectivity index (χ1n) is 5.78. The molecule has 6 heteroatoms. The first-order chi connectivity index (χ1) is 8.95. The van der Waals surface area contributed by atoms with Crippen LogP contribution in [0.4, 0.5) is 11.4 Å². The molecule has 1 unspecified atom stereocenters. The Morgan fingerprint density at radius 1 is 1.63 bits per heavy atom. The highest BCUT2D eigenvalue weighted by molar-refractivity contribution is 5.70. The molecule has 19 heavy (non-hydrogen) atoms. The van der Waals surface area contributed by atoms with Crippen LogP contribution in [0.15, 0.2) is 36.9 Å². The molecule has 1 N–H and O–H groups in total. The van der Waals surface area contributed by atoms with Gasteiger partial charge in [0.15, 0.2) is 0 Å². The van der Waals surface area contributed by atoms with Crippen molar-refractivity contribution in [3.63, 3.8) is 0 Å². The summed E-state index contributed by atoms with van der Waals surface area (Å²) in [6.07, 6.45) is 1.63. The van der Waals surface area contributed by atoms with Crippen molar-refractivity contribution < 1.29 is 14.8 Å². The van der Waals surface area contributed by atoms with E-state index in [0.717, 1.165) is 0 Å². The third kappa shape index (κ3) is 4.09. The summed E-state index contributed by atoms with van der Waals surface area (Å²) in [7, 11) is 0. The summed E-state index contributed by atoms with van der Waals surface area (Å²) in [6.45, 7) is 5.90. The number of rotatable bonds is 7. The maximum Gasteiger partial charge on any atom is 0.308 e. The summed E-state index contributed by atoms with van der Waals surface area (Å²) in [5, 5.41) is 19.7. The number of nitrogens with zero attached hydrogens (tertiary/aromatic N) is 2. The minimum Gasteiger partial charge on any atom is -0.481 e. The molecule has 0 saturated carbocycles. The first kappa shape index (κ1) is 14.7. The Bertz CT molecular complexity index is 487. The quantitative estimate of drug-likeness (QED) is 0.464. The molecule has 0 radical (unpaired) electrons. The van der Waals surface area contributed by atoms with Crippen molar-refractivity contribution in [2.45, 2.75) is 6.92 Å². The van der Waals surface area contributed by atoms with E-state index in [0.29, 0.717) is 12.2 Å². The molecule has 0 aliphatic heterocycles. The second-order valence-corrected chi connectivity index (χ2v) is 4.21. The summed E-state index contributed by atoms with van der Waals surface area (Å²) >= 11 is 0. The molecule has 0 saturated heterocycles. The molecular formula is C13H16N2O4. The van der Waals surface area contributed by atoms with E-state index in [2.05, 4.69) is 6.58 Å². The van der Waals surface area contributed by atoms with Gasteiger partial charge in [-0.05, 0) is 6.07 Å². The Kier molecular flexibility index (Phi) is 5.05. The van der Waals surface area contributed by atoms with Gasteiger partial charge in [0, 0.05) is 30.9 Å². The van der Waals surface area contributed by atoms with Gasteiger partial charge in [0.05, 0.1) is 10.8 Å². The zero-order valence-electron chi connectivity index (χ0n) is 10.7. The van der Waals surface area contributed by atoms with Gasteiger partial charge in [-0.25, -0.2) is 0 Å². The van der Waals surface area contributed by atoms with Crippen LogP contribution in [0.3, 0.4) is 0 Å². The number of benzene rings is 1. The van der Waals surface area contributed by atoms with E-state index in [-0.39, 0.29) is 12.2 Å². The number of anilines is 1. The summed E-state index contributed by atoms with van der Waals surface area (Å²) in [5.41, 5.74) is 0.594. The van der Waals surface area contributed by atoms with Crippen LogP contribution in [0.2, 0.25) is 0 Å². The first-order valence-corrected chi connectivity index (χ1v) is 5.78. The van der Waals surface area contributed by atoms with Gasteiger partial charge in [-0.3, -0.25) is 14.9 Å². The normalized spacial score (nSPS) is 11.6. The zero-order valence-corrected chi connectivity index (χ0v) is 10.7. The fourth-order valence-electron chi connectivity index (χ4n) is 1.65. The lowest BCUT2D eigenvalue weighted by atomic mass is 10.1. The lowest BCUT2D eigenvalue weighted by molar-refractivity contribution is -0.384. The summed E-state index contributed by atoms with van der Waals surface area (Å²) in [4.78, 5) is 22.9. The average molecular weight is 264 g/mol. The largest absolute Gasteiger partial charge is 0.481 e. The number of non-ortho nitro benzene ring substituents is 1. The van der Waals surface area contributed by atoms with Crippen LogP contribution in [0.1, 0.15) is 6.92 Å². The molecular weight excluding hydrogens is 248 g/mol. The van der Waals surface area contributed by atoms with Crippen LogP contribution in [-0.2, 0) is 4.79 Å². The van der Waals surface area contributed by atoms with Crippen molar-refractivity contribution >= 4 is 17.3 Å². The Morgan fingerprint density at radius 3 is 2.84 bits per heavy atom. The number of nitro groups is 1. The molecule has 0 aromatic heterocycles. The van der Waals surface area contributed by atoms with E-state index in [1.165, 1.54) is 12.1 Å². The number of carboxylic acid groups (broad SMARTS) is 1.